The number of rotatable bonds is 4. The molecule has 0 saturated carbocycles. The van der Waals surface area contributed by atoms with E-state index in [0.717, 1.165) is 5.56 Å². The number of hydrogen-bond donors (Lipinski definition) is 2. The van der Waals surface area contributed by atoms with Crippen molar-refractivity contribution in [2.75, 3.05) is 10.3 Å². The second-order valence-corrected chi connectivity index (χ2v) is 8.07. The van der Waals surface area contributed by atoms with Crippen molar-refractivity contribution in [2.24, 2.45) is 0 Å². The van der Waals surface area contributed by atoms with Gasteiger partial charge < -0.3 is 5.32 Å². The third kappa shape index (κ3) is 3.03. The molecule has 4 rings (SSSR count). The molecule has 0 aliphatic carbocycles. The first kappa shape index (κ1) is 18.8. The van der Waals surface area contributed by atoms with Crippen LogP contribution in [-0.4, -0.2) is 37.0 Å². The molecule has 1 aromatic carbocycles. The number of hydrogen-bond acceptors (Lipinski definition) is 6. The monoisotopic (exact) mass is 434 g/mol. The first-order valence-corrected chi connectivity index (χ1v) is 9.99. The van der Waals surface area contributed by atoms with Crippen LogP contribution in [0.5, 0.6) is 0 Å². The Morgan fingerprint density at radius 3 is 2.75 bits per heavy atom. The summed E-state index contributed by atoms with van der Waals surface area (Å²) in [6, 6.07) is 9.13. The Bertz CT molecular complexity index is 1120. The molecule has 2 atom stereocenters. The number of benzene rings is 1. The second kappa shape index (κ2) is 7.12. The minimum Gasteiger partial charge on any atom is -0.302 e. The lowest BCUT2D eigenvalue weighted by molar-refractivity contribution is -0.126. The molecule has 1 saturated heterocycles. The number of amides is 2. The topological polar surface area (TPSA) is 95.9 Å². The Labute approximate surface area is 174 Å². The largest absolute Gasteiger partial charge is 0.302 e. The van der Waals surface area contributed by atoms with Crippen molar-refractivity contribution in [2.45, 2.75) is 25.3 Å². The van der Waals surface area contributed by atoms with E-state index in [9.17, 15) is 9.59 Å². The molecule has 0 spiro atoms. The van der Waals surface area contributed by atoms with Crippen LogP contribution in [0, 0.1) is 11.7 Å². The summed E-state index contributed by atoms with van der Waals surface area (Å²) in [6.07, 6.45) is 0. The Balaban J connectivity index is 1.79. The average Bonchev–Trinajstić information content (AvgIpc) is 3.20. The molecule has 2 amide bonds. The predicted molar refractivity (Wildman–Crippen MR) is 110 cm³/mol. The summed E-state index contributed by atoms with van der Waals surface area (Å²) in [7, 11) is 0. The van der Waals surface area contributed by atoms with E-state index in [-0.39, 0.29) is 22.6 Å². The highest BCUT2D eigenvalue weighted by Crippen LogP contribution is 2.40. The number of aromatic nitrogens is 4. The highest BCUT2D eigenvalue weighted by Gasteiger charge is 2.49. The van der Waals surface area contributed by atoms with Crippen molar-refractivity contribution in [3.63, 3.8) is 0 Å². The number of carbonyl (C=O) groups is 2. The quantitative estimate of drug-likeness (QED) is 0.373. The second-order valence-electron chi connectivity index (χ2n) is 6.22. The van der Waals surface area contributed by atoms with Crippen LogP contribution in [0.4, 0.5) is 5.13 Å². The van der Waals surface area contributed by atoms with Gasteiger partial charge >= 0.3 is 0 Å². The number of alkyl halides is 1. The van der Waals surface area contributed by atoms with E-state index in [4.69, 9.17) is 23.8 Å². The van der Waals surface area contributed by atoms with E-state index < -0.39 is 5.38 Å². The van der Waals surface area contributed by atoms with E-state index >= 15 is 0 Å². The molecule has 144 valence electrons. The van der Waals surface area contributed by atoms with Gasteiger partial charge in [-0.2, -0.15) is 5.10 Å². The number of halogens is 1. The van der Waals surface area contributed by atoms with Crippen LogP contribution in [0.2, 0.25) is 0 Å². The molecule has 0 radical (unpaired) electrons. The van der Waals surface area contributed by atoms with Gasteiger partial charge in [-0.1, -0.05) is 41.7 Å². The highest BCUT2D eigenvalue weighted by molar-refractivity contribution is 7.71. The fourth-order valence-corrected chi connectivity index (χ4v) is 4.63. The van der Waals surface area contributed by atoms with Gasteiger partial charge in [0, 0.05) is 6.92 Å². The number of anilines is 1. The molecule has 1 fully saturated rings. The van der Waals surface area contributed by atoms with Gasteiger partial charge in [0.1, 0.15) is 11.4 Å². The Hall–Kier alpha value is -2.56. The van der Waals surface area contributed by atoms with Crippen LogP contribution in [0.1, 0.15) is 24.2 Å². The summed E-state index contributed by atoms with van der Waals surface area (Å²) in [5.41, 5.74) is 1.56. The van der Waals surface area contributed by atoms with Gasteiger partial charge in [0.05, 0.1) is 10.6 Å². The van der Waals surface area contributed by atoms with E-state index in [2.05, 4.69) is 20.5 Å². The van der Waals surface area contributed by atoms with Crippen molar-refractivity contribution in [3.8, 4) is 10.7 Å². The van der Waals surface area contributed by atoms with Crippen LogP contribution in [-0.2, 0) is 9.59 Å². The first-order chi connectivity index (χ1) is 13.4. The summed E-state index contributed by atoms with van der Waals surface area (Å²) in [6.45, 7) is 3.21. The molecule has 2 aromatic heterocycles. The van der Waals surface area contributed by atoms with Crippen molar-refractivity contribution in [3.05, 3.63) is 46.4 Å². The summed E-state index contributed by atoms with van der Waals surface area (Å²) in [4.78, 5) is 29.0. The van der Waals surface area contributed by atoms with Crippen LogP contribution in [0.3, 0.4) is 0 Å². The number of aryl methyl sites for hydroxylation is 1. The van der Waals surface area contributed by atoms with Gasteiger partial charge in [0.2, 0.25) is 10.7 Å². The number of aromatic amines is 1. The third-order valence-corrected chi connectivity index (χ3v) is 6.05. The van der Waals surface area contributed by atoms with Gasteiger partial charge in [-0.3, -0.25) is 9.59 Å². The molecule has 1 aliphatic rings. The van der Waals surface area contributed by atoms with Gasteiger partial charge in [-0.05, 0) is 24.7 Å². The summed E-state index contributed by atoms with van der Waals surface area (Å²) >= 11 is 13.0. The first-order valence-electron chi connectivity index (χ1n) is 8.33. The summed E-state index contributed by atoms with van der Waals surface area (Å²) in [5, 5.41) is 11.0. The number of nitrogens with zero attached hydrogens (tertiary/aromatic N) is 4. The Kier molecular flexibility index (Phi) is 4.77. The zero-order valence-electron chi connectivity index (χ0n) is 14.8. The number of H-pyrrole nitrogens is 1. The lowest BCUT2D eigenvalue weighted by Crippen LogP contribution is -2.62. The van der Waals surface area contributed by atoms with E-state index in [1.807, 2.05) is 30.3 Å². The number of nitrogens with one attached hydrogen (secondary N) is 2. The van der Waals surface area contributed by atoms with Crippen LogP contribution in [0.15, 0.2) is 30.3 Å². The van der Waals surface area contributed by atoms with E-state index in [1.165, 1.54) is 23.3 Å². The molecule has 8 nitrogen and oxygen atoms in total. The SMILES string of the molecule is CC(=O)Nc1nc(C)c(-c2n[nH]c(=S)n2N2C(=O)C(Cl)C2c2ccccc2)s1. The smallest absolute Gasteiger partial charge is 0.262 e. The third-order valence-electron chi connectivity index (χ3n) is 4.29. The number of β-lactam (4-membered cyclic amide) rings is 1. The molecule has 3 aromatic rings. The van der Waals surface area contributed by atoms with Crippen molar-refractivity contribution < 1.29 is 9.59 Å². The molecule has 11 heteroatoms. The molecule has 0 bridgehead atoms. The van der Waals surface area contributed by atoms with Gasteiger partial charge in [-0.25, -0.2) is 19.8 Å². The van der Waals surface area contributed by atoms with Gasteiger partial charge in [0.15, 0.2) is 11.0 Å². The normalized spacial score (nSPS) is 18.8. The van der Waals surface area contributed by atoms with Crippen molar-refractivity contribution in [1.82, 2.24) is 19.9 Å². The van der Waals surface area contributed by atoms with E-state index in [0.29, 0.717) is 21.5 Å². The van der Waals surface area contributed by atoms with Crippen LogP contribution < -0.4 is 10.3 Å². The van der Waals surface area contributed by atoms with Gasteiger partial charge in [-0.15, -0.1) is 11.6 Å². The Morgan fingerprint density at radius 1 is 1.36 bits per heavy atom. The van der Waals surface area contributed by atoms with Crippen molar-refractivity contribution >= 4 is 52.1 Å². The number of thiazole rings is 1. The molecular formula is C17H15ClN6O2S2. The zero-order valence-corrected chi connectivity index (χ0v) is 17.2. The van der Waals surface area contributed by atoms with Crippen molar-refractivity contribution in [1.29, 1.82) is 0 Å². The standard InChI is InChI=1S/C17H15ClN6O2S2/c1-8-13(28-16(19-8)20-9(2)25)14-21-22-17(27)24(14)23-12(11(18)15(23)26)10-6-4-3-5-7-10/h3-7,11-12H,1-2H3,(H,22,27)(H,19,20,25). The Morgan fingerprint density at radius 2 is 2.07 bits per heavy atom. The van der Waals surface area contributed by atoms with E-state index in [1.54, 1.807) is 11.6 Å². The molecule has 3 heterocycles. The number of carbonyl (C=O) groups excluding carboxylic acids is 2. The zero-order chi connectivity index (χ0) is 20.0. The molecular weight excluding hydrogens is 420 g/mol. The lowest BCUT2D eigenvalue weighted by Gasteiger charge is -2.44. The predicted octanol–water partition coefficient (Wildman–Crippen LogP) is 3.16. The van der Waals surface area contributed by atoms with Gasteiger partial charge in [0.25, 0.3) is 5.91 Å². The summed E-state index contributed by atoms with van der Waals surface area (Å²) < 4.78 is 1.81. The lowest BCUT2D eigenvalue weighted by atomic mass is 9.95. The molecule has 1 aliphatic heterocycles. The molecule has 2 unspecified atom stereocenters. The minimum atomic E-state index is -0.690. The fourth-order valence-electron chi connectivity index (χ4n) is 3.07. The minimum absolute atomic E-state index is 0.216. The van der Waals surface area contributed by atoms with Crippen LogP contribution >= 0.6 is 35.2 Å². The molecule has 2 N–H and O–H groups in total. The maximum absolute atomic E-state index is 12.6. The maximum Gasteiger partial charge on any atom is 0.262 e. The fraction of sp³-hybridized carbons (Fsp3) is 0.235. The summed E-state index contributed by atoms with van der Waals surface area (Å²) in [5.74, 6) is -0.0424. The average molecular weight is 435 g/mol. The highest BCUT2D eigenvalue weighted by atomic mass is 35.5. The molecule has 28 heavy (non-hydrogen) atoms. The maximum atomic E-state index is 12.6. The van der Waals surface area contributed by atoms with Crippen LogP contribution in [0.25, 0.3) is 10.7 Å².